The van der Waals surface area contributed by atoms with Gasteiger partial charge in [0.05, 0.1) is 7.11 Å². The fourth-order valence-electron chi connectivity index (χ4n) is 1.77. The van der Waals surface area contributed by atoms with Gasteiger partial charge in [0.25, 0.3) is 0 Å². The van der Waals surface area contributed by atoms with Crippen LogP contribution in [-0.2, 0) is 0 Å². The topological polar surface area (TPSA) is 53.9 Å². The number of hydrogen-bond acceptors (Lipinski definition) is 4. The molecule has 0 amide bonds. The monoisotopic (exact) mass is 206 g/mol. The van der Waals surface area contributed by atoms with Gasteiger partial charge in [0, 0.05) is 23.0 Å². The van der Waals surface area contributed by atoms with Crippen LogP contribution in [0.1, 0.15) is 19.4 Å². The maximum Gasteiger partial charge on any atom is 0.162 e. The summed E-state index contributed by atoms with van der Waals surface area (Å²) in [5.74, 6) is 0.616. The maximum atomic E-state index is 9.64. The second-order valence-corrected chi connectivity index (χ2v) is 3.60. The largest absolute Gasteiger partial charge is 0.504 e. The average Bonchev–Trinajstić information content (AvgIpc) is 2.18. The summed E-state index contributed by atoms with van der Waals surface area (Å²) < 4.78 is 5.05. The van der Waals surface area contributed by atoms with E-state index in [1.165, 1.54) is 7.11 Å². The normalized spacial score (nSPS) is 18.9. The van der Waals surface area contributed by atoms with Crippen molar-refractivity contribution in [2.45, 2.75) is 20.0 Å². The van der Waals surface area contributed by atoms with Gasteiger partial charge in [0.15, 0.2) is 11.5 Å². The van der Waals surface area contributed by atoms with Gasteiger partial charge in [-0.1, -0.05) is 0 Å². The summed E-state index contributed by atoms with van der Waals surface area (Å²) in [6.07, 6.45) is 0.0618. The number of benzene rings is 1. The molecule has 0 radical (unpaired) electrons. The highest BCUT2D eigenvalue weighted by atomic mass is 16.5. The van der Waals surface area contributed by atoms with Crippen molar-refractivity contribution >= 4 is 11.4 Å². The number of nitrogens with zero attached hydrogens (tertiary/aromatic N) is 1. The molecule has 1 atom stereocenters. The number of aliphatic imine (C=N–C) groups is 1. The zero-order valence-electron chi connectivity index (χ0n) is 9.03. The fraction of sp³-hybridized carbons (Fsp3) is 0.364. The molecule has 2 rings (SSSR count). The molecular weight excluding hydrogens is 192 g/mol. The summed E-state index contributed by atoms with van der Waals surface area (Å²) in [6, 6.07) is 3.46. The Bertz CT molecular complexity index is 427. The van der Waals surface area contributed by atoms with Crippen molar-refractivity contribution in [3.8, 4) is 11.5 Å². The van der Waals surface area contributed by atoms with Crippen LogP contribution in [-0.4, -0.2) is 24.1 Å². The van der Waals surface area contributed by atoms with E-state index < -0.39 is 0 Å². The van der Waals surface area contributed by atoms with Crippen molar-refractivity contribution < 1.29 is 9.84 Å². The van der Waals surface area contributed by atoms with E-state index >= 15 is 0 Å². The molecule has 15 heavy (non-hydrogen) atoms. The molecule has 4 heteroatoms. The first-order valence-corrected chi connectivity index (χ1v) is 4.84. The van der Waals surface area contributed by atoms with Gasteiger partial charge in [-0.2, -0.15) is 0 Å². The van der Waals surface area contributed by atoms with Crippen LogP contribution in [0.3, 0.4) is 0 Å². The highest BCUT2D eigenvalue weighted by molar-refractivity contribution is 6.05. The Morgan fingerprint density at radius 2 is 2.20 bits per heavy atom. The molecule has 0 aromatic heterocycles. The SMILES string of the molecule is COc1cc2c(cc1O)C(C)=NC(C)N2. The number of nitrogens with one attached hydrogen (secondary N) is 1. The lowest BCUT2D eigenvalue weighted by Gasteiger charge is -2.22. The van der Waals surface area contributed by atoms with Gasteiger partial charge in [-0.05, 0) is 19.9 Å². The van der Waals surface area contributed by atoms with Gasteiger partial charge in [0.1, 0.15) is 6.17 Å². The highest BCUT2D eigenvalue weighted by Gasteiger charge is 2.17. The Balaban J connectivity index is 2.55. The van der Waals surface area contributed by atoms with Crippen LogP contribution in [0, 0.1) is 0 Å². The minimum atomic E-state index is 0.0618. The van der Waals surface area contributed by atoms with E-state index in [1.54, 1.807) is 12.1 Å². The first kappa shape index (κ1) is 9.83. The van der Waals surface area contributed by atoms with E-state index in [0.717, 1.165) is 17.0 Å². The first-order valence-electron chi connectivity index (χ1n) is 4.84. The summed E-state index contributed by atoms with van der Waals surface area (Å²) in [5, 5.41) is 12.9. The lowest BCUT2D eigenvalue weighted by molar-refractivity contribution is 0.373. The molecule has 0 saturated carbocycles. The molecule has 1 heterocycles. The second kappa shape index (κ2) is 3.46. The van der Waals surface area contributed by atoms with E-state index in [0.29, 0.717) is 5.75 Å². The summed E-state index contributed by atoms with van der Waals surface area (Å²) in [6.45, 7) is 3.91. The quantitative estimate of drug-likeness (QED) is 0.691. The first-order chi connectivity index (χ1) is 7.11. The number of fused-ring (bicyclic) bond motifs is 1. The predicted molar refractivity (Wildman–Crippen MR) is 60.0 cm³/mol. The van der Waals surface area contributed by atoms with Crippen molar-refractivity contribution in [1.82, 2.24) is 0 Å². The van der Waals surface area contributed by atoms with Gasteiger partial charge in [-0.15, -0.1) is 0 Å². The molecule has 0 fully saturated rings. The van der Waals surface area contributed by atoms with Crippen LogP contribution < -0.4 is 10.1 Å². The van der Waals surface area contributed by atoms with Crippen molar-refractivity contribution in [3.05, 3.63) is 17.7 Å². The Hall–Kier alpha value is -1.71. The third-order valence-corrected chi connectivity index (χ3v) is 2.46. The van der Waals surface area contributed by atoms with Gasteiger partial charge in [0.2, 0.25) is 0 Å². The van der Waals surface area contributed by atoms with Gasteiger partial charge in [-0.3, -0.25) is 4.99 Å². The summed E-state index contributed by atoms with van der Waals surface area (Å²) in [7, 11) is 1.54. The maximum absolute atomic E-state index is 9.64. The highest BCUT2D eigenvalue weighted by Crippen LogP contribution is 2.34. The Morgan fingerprint density at radius 3 is 2.87 bits per heavy atom. The number of rotatable bonds is 1. The molecule has 0 saturated heterocycles. The zero-order valence-corrected chi connectivity index (χ0v) is 9.03. The Labute approximate surface area is 88.6 Å². The summed E-state index contributed by atoms with van der Waals surface area (Å²) >= 11 is 0. The molecule has 4 nitrogen and oxygen atoms in total. The predicted octanol–water partition coefficient (Wildman–Crippen LogP) is 1.98. The van der Waals surface area contributed by atoms with Crippen LogP contribution in [0.15, 0.2) is 17.1 Å². The standard InChI is InChI=1S/C11H14N2O2/c1-6-8-4-10(14)11(15-3)5-9(8)13-7(2)12-6/h4-5,7,13-14H,1-3H3. The van der Waals surface area contributed by atoms with Crippen molar-refractivity contribution in [2.24, 2.45) is 4.99 Å². The van der Waals surface area contributed by atoms with Gasteiger partial charge < -0.3 is 15.2 Å². The van der Waals surface area contributed by atoms with E-state index in [-0.39, 0.29) is 11.9 Å². The third-order valence-electron chi connectivity index (χ3n) is 2.46. The number of methoxy groups -OCH3 is 1. The molecule has 1 unspecified atom stereocenters. The molecule has 1 aliphatic heterocycles. The van der Waals surface area contributed by atoms with Gasteiger partial charge >= 0.3 is 0 Å². The third kappa shape index (κ3) is 1.63. The van der Waals surface area contributed by atoms with E-state index in [9.17, 15) is 5.11 Å². The minimum Gasteiger partial charge on any atom is -0.504 e. The van der Waals surface area contributed by atoms with Crippen LogP contribution in [0.2, 0.25) is 0 Å². The molecule has 2 N–H and O–H groups in total. The second-order valence-electron chi connectivity index (χ2n) is 3.60. The molecule has 80 valence electrons. The van der Waals surface area contributed by atoms with Crippen LogP contribution in [0.25, 0.3) is 0 Å². The smallest absolute Gasteiger partial charge is 0.162 e. The number of aromatic hydroxyl groups is 1. The molecular formula is C11H14N2O2. The van der Waals surface area contributed by atoms with Crippen LogP contribution in [0.4, 0.5) is 5.69 Å². The van der Waals surface area contributed by atoms with E-state index in [1.807, 2.05) is 13.8 Å². The number of phenolic OH excluding ortho intramolecular Hbond substituents is 1. The summed E-state index contributed by atoms with van der Waals surface area (Å²) in [4.78, 5) is 4.37. The van der Waals surface area contributed by atoms with Crippen LogP contribution in [0.5, 0.6) is 11.5 Å². The number of hydrogen-bond donors (Lipinski definition) is 2. The lowest BCUT2D eigenvalue weighted by atomic mass is 10.1. The number of phenols is 1. The molecule has 0 aliphatic carbocycles. The molecule has 0 bridgehead atoms. The molecule has 1 aromatic rings. The lowest BCUT2D eigenvalue weighted by Crippen LogP contribution is -2.21. The summed E-state index contributed by atoms with van der Waals surface area (Å²) in [5.41, 5.74) is 2.80. The molecule has 1 aromatic carbocycles. The zero-order chi connectivity index (χ0) is 11.0. The fourth-order valence-corrected chi connectivity index (χ4v) is 1.77. The number of anilines is 1. The van der Waals surface area contributed by atoms with Crippen molar-refractivity contribution in [2.75, 3.05) is 12.4 Å². The molecule has 0 spiro atoms. The Kier molecular flexibility index (Phi) is 2.26. The minimum absolute atomic E-state index is 0.0618. The molecule has 1 aliphatic rings. The van der Waals surface area contributed by atoms with Crippen LogP contribution >= 0.6 is 0 Å². The number of ether oxygens (including phenoxy) is 1. The van der Waals surface area contributed by atoms with Gasteiger partial charge in [-0.25, -0.2) is 0 Å². The van der Waals surface area contributed by atoms with Crippen molar-refractivity contribution in [3.63, 3.8) is 0 Å². The average molecular weight is 206 g/mol. The Morgan fingerprint density at radius 1 is 1.47 bits per heavy atom. The van der Waals surface area contributed by atoms with E-state index in [2.05, 4.69) is 10.3 Å². The van der Waals surface area contributed by atoms with E-state index in [4.69, 9.17) is 4.74 Å². The van der Waals surface area contributed by atoms with Crippen molar-refractivity contribution in [1.29, 1.82) is 0 Å².